The second-order valence-corrected chi connectivity index (χ2v) is 2.91. The van der Waals surface area contributed by atoms with Gasteiger partial charge in [0.25, 0.3) is 6.43 Å². The lowest BCUT2D eigenvalue weighted by atomic mass is 10.1. The number of hydrogen-bond donors (Lipinski definition) is 1. The third-order valence-corrected chi connectivity index (χ3v) is 2.04. The Bertz CT molecular complexity index is 357. The summed E-state index contributed by atoms with van der Waals surface area (Å²) in [5.41, 5.74) is 4.74. The van der Waals surface area contributed by atoms with Crippen molar-refractivity contribution in [1.29, 1.82) is 0 Å². The van der Waals surface area contributed by atoms with Gasteiger partial charge in [-0.3, -0.25) is 9.78 Å². The van der Waals surface area contributed by atoms with E-state index in [1.807, 2.05) is 0 Å². The van der Waals surface area contributed by atoms with Gasteiger partial charge >= 0.3 is 0 Å². The number of nitrogens with zero attached hydrogens (tertiary/aromatic N) is 1. The van der Waals surface area contributed by atoms with Crippen molar-refractivity contribution in [2.24, 2.45) is 5.73 Å². The van der Waals surface area contributed by atoms with E-state index in [4.69, 9.17) is 17.3 Å². The van der Waals surface area contributed by atoms with Gasteiger partial charge in [0, 0.05) is 23.9 Å². The van der Waals surface area contributed by atoms with Gasteiger partial charge in [-0.05, 0) is 0 Å². The molecule has 0 aromatic carbocycles. The van der Waals surface area contributed by atoms with Gasteiger partial charge in [0.2, 0.25) is 0 Å². The number of aromatic nitrogens is 1. The van der Waals surface area contributed by atoms with Crippen molar-refractivity contribution in [1.82, 2.24) is 4.98 Å². The summed E-state index contributed by atoms with van der Waals surface area (Å²) in [6, 6.07) is 0. The van der Waals surface area contributed by atoms with Crippen LogP contribution in [0.2, 0.25) is 5.02 Å². The van der Waals surface area contributed by atoms with Crippen LogP contribution in [0.15, 0.2) is 6.20 Å². The first-order valence-electron chi connectivity index (χ1n) is 3.72. The number of rotatable bonds is 3. The Hall–Kier alpha value is -1.07. The van der Waals surface area contributed by atoms with Crippen molar-refractivity contribution in [2.45, 2.75) is 13.0 Å². The van der Waals surface area contributed by atoms with Crippen LogP contribution in [0.25, 0.3) is 0 Å². The molecular formula is C8H7ClF2N2O. The van der Waals surface area contributed by atoms with Crippen LogP contribution in [0.5, 0.6) is 0 Å². The number of pyridine rings is 1. The lowest BCUT2D eigenvalue weighted by Crippen LogP contribution is -2.08. The monoisotopic (exact) mass is 220 g/mol. The summed E-state index contributed by atoms with van der Waals surface area (Å²) in [4.78, 5) is 14.0. The predicted molar refractivity (Wildman–Crippen MR) is 47.5 cm³/mol. The maximum atomic E-state index is 12.4. The second-order valence-electron chi connectivity index (χ2n) is 2.51. The summed E-state index contributed by atoms with van der Waals surface area (Å²) in [6.45, 7) is -0.193. The number of alkyl halides is 2. The second kappa shape index (κ2) is 4.43. The van der Waals surface area contributed by atoms with Crippen molar-refractivity contribution >= 4 is 17.9 Å². The SMILES string of the molecule is NCc1c(C(F)F)ncc(Cl)c1C=O. The zero-order valence-corrected chi connectivity index (χ0v) is 7.76. The molecule has 76 valence electrons. The Morgan fingerprint density at radius 2 is 2.29 bits per heavy atom. The predicted octanol–water partition coefficient (Wildman–Crippen LogP) is 1.94. The molecule has 0 spiro atoms. The van der Waals surface area contributed by atoms with Gasteiger partial charge < -0.3 is 5.73 Å². The zero-order valence-electron chi connectivity index (χ0n) is 7.01. The van der Waals surface area contributed by atoms with Gasteiger partial charge in [-0.25, -0.2) is 8.78 Å². The van der Waals surface area contributed by atoms with Gasteiger partial charge in [-0.15, -0.1) is 0 Å². The fourth-order valence-electron chi connectivity index (χ4n) is 1.09. The summed E-state index contributed by atoms with van der Waals surface area (Å²) >= 11 is 5.59. The number of nitrogens with two attached hydrogens (primary N) is 1. The lowest BCUT2D eigenvalue weighted by Gasteiger charge is -2.09. The molecule has 0 unspecified atom stereocenters. The lowest BCUT2D eigenvalue weighted by molar-refractivity contribution is 0.112. The van der Waals surface area contributed by atoms with Gasteiger partial charge in [0.1, 0.15) is 5.69 Å². The molecule has 0 bridgehead atoms. The van der Waals surface area contributed by atoms with Crippen LogP contribution < -0.4 is 5.73 Å². The minimum absolute atomic E-state index is 0.00231. The smallest absolute Gasteiger partial charge is 0.280 e. The van der Waals surface area contributed by atoms with Gasteiger partial charge in [0.15, 0.2) is 6.29 Å². The summed E-state index contributed by atoms with van der Waals surface area (Å²) < 4.78 is 24.8. The summed E-state index contributed by atoms with van der Waals surface area (Å²) in [5.74, 6) is 0. The van der Waals surface area contributed by atoms with E-state index in [9.17, 15) is 13.6 Å². The van der Waals surface area contributed by atoms with Crippen molar-refractivity contribution in [3.8, 4) is 0 Å². The molecule has 1 heterocycles. The molecular weight excluding hydrogens is 214 g/mol. The quantitative estimate of drug-likeness (QED) is 0.792. The van der Waals surface area contributed by atoms with E-state index in [-0.39, 0.29) is 22.7 Å². The Kier molecular flexibility index (Phi) is 3.49. The highest BCUT2D eigenvalue weighted by Crippen LogP contribution is 2.26. The van der Waals surface area contributed by atoms with E-state index < -0.39 is 12.1 Å². The normalized spacial score (nSPS) is 10.6. The van der Waals surface area contributed by atoms with E-state index in [0.717, 1.165) is 6.20 Å². The molecule has 0 aliphatic rings. The first-order valence-corrected chi connectivity index (χ1v) is 4.10. The minimum atomic E-state index is -2.76. The van der Waals surface area contributed by atoms with Crippen LogP contribution in [0.1, 0.15) is 28.0 Å². The Morgan fingerprint density at radius 1 is 1.64 bits per heavy atom. The molecule has 1 aromatic rings. The number of carbonyl (C=O) groups is 1. The topological polar surface area (TPSA) is 56.0 Å². The molecule has 0 aliphatic carbocycles. The highest BCUT2D eigenvalue weighted by Gasteiger charge is 2.18. The fourth-order valence-corrected chi connectivity index (χ4v) is 1.29. The first kappa shape index (κ1) is 11.0. The summed E-state index contributed by atoms with van der Waals surface area (Å²) in [6.07, 6.45) is -1.34. The van der Waals surface area contributed by atoms with E-state index in [0.29, 0.717) is 6.29 Å². The zero-order chi connectivity index (χ0) is 10.7. The molecule has 3 nitrogen and oxygen atoms in total. The Balaban J connectivity index is 3.40. The molecule has 0 saturated heterocycles. The van der Waals surface area contributed by atoms with Gasteiger partial charge in [-0.1, -0.05) is 11.6 Å². The average molecular weight is 221 g/mol. The van der Waals surface area contributed by atoms with Crippen LogP contribution in [-0.2, 0) is 6.54 Å². The highest BCUT2D eigenvalue weighted by atomic mass is 35.5. The van der Waals surface area contributed by atoms with E-state index in [2.05, 4.69) is 4.98 Å². The van der Waals surface area contributed by atoms with Crippen LogP contribution in [0.3, 0.4) is 0 Å². The van der Waals surface area contributed by atoms with Gasteiger partial charge in [0.05, 0.1) is 5.02 Å². The average Bonchev–Trinajstić information content (AvgIpc) is 2.16. The minimum Gasteiger partial charge on any atom is -0.326 e. The number of hydrogen-bond acceptors (Lipinski definition) is 3. The molecule has 0 amide bonds. The largest absolute Gasteiger partial charge is 0.326 e. The molecule has 2 N–H and O–H groups in total. The van der Waals surface area contributed by atoms with Crippen LogP contribution in [0, 0.1) is 0 Å². The number of carbonyl (C=O) groups excluding carboxylic acids is 1. The third kappa shape index (κ3) is 1.88. The van der Waals surface area contributed by atoms with Gasteiger partial charge in [-0.2, -0.15) is 0 Å². The fraction of sp³-hybridized carbons (Fsp3) is 0.250. The summed E-state index contributed by atoms with van der Waals surface area (Å²) in [7, 11) is 0. The maximum absolute atomic E-state index is 12.4. The van der Waals surface area contributed by atoms with Crippen LogP contribution >= 0.6 is 11.6 Å². The Morgan fingerprint density at radius 3 is 2.71 bits per heavy atom. The highest BCUT2D eigenvalue weighted by molar-refractivity contribution is 6.33. The molecule has 0 aliphatic heterocycles. The molecule has 1 aromatic heterocycles. The standard InChI is InChI=1S/C8H7ClF2N2O/c9-6-2-13-7(8(10)11)4(1-12)5(6)3-14/h2-3,8H,1,12H2. The number of aldehydes is 1. The van der Waals surface area contributed by atoms with E-state index in [1.54, 1.807) is 0 Å². The summed E-state index contributed by atoms with van der Waals surface area (Å²) in [5, 5.41) is 0.0323. The van der Waals surface area contributed by atoms with Crippen LogP contribution in [-0.4, -0.2) is 11.3 Å². The third-order valence-electron chi connectivity index (χ3n) is 1.74. The van der Waals surface area contributed by atoms with E-state index in [1.165, 1.54) is 0 Å². The molecule has 1 rings (SSSR count). The van der Waals surface area contributed by atoms with Crippen molar-refractivity contribution < 1.29 is 13.6 Å². The van der Waals surface area contributed by atoms with Crippen molar-refractivity contribution in [3.63, 3.8) is 0 Å². The van der Waals surface area contributed by atoms with Crippen molar-refractivity contribution in [2.75, 3.05) is 0 Å². The van der Waals surface area contributed by atoms with Crippen molar-refractivity contribution in [3.05, 3.63) is 28.0 Å². The molecule has 0 atom stereocenters. The molecule has 0 fully saturated rings. The molecule has 6 heteroatoms. The molecule has 0 radical (unpaired) electrons. The Labute approximate surface area is 83.9 Å². The molecule has 14 heavy (non-hydrogen) atoms. The molecule has 0 saturated carbocycles. The van der Waals surface area contributed by atoms with E-state index >= 15 is 0 Å². The number of halogens is 3. The van der Waals surface area contributed by atoms with Crippen LogP contribution in [0.4, 0.5) is 8.78 Å². The maximum Gasteiger partial charge on any atom is 0.280 e. The first-order chi connectivity index (χ1) is 6.61.